The molecule has 1 aliphatic rings. The molecule has 0 radical (unpaired) electrons. The highest BCUT2D eigenvalue weighted by molar-refractivity contribution is 6.13. The summed E-state index contributed by atoms with van der Waals surface area (Å²) in [6.45, 7) is 13.7. The van der Waals surface area contributed by atoms with Crippen LogP contribution in [-0.4, -0.2) is 5.11 Å². The monoisotopic (exact) mass is 878 g/mol. The zero-order valence-electron chi connectivity index (χ0n) is 38.0. The lowest BCUT2D eigenvalue weighted by Crippen LogP contribution is -2.16. The largest absolute Gasteiger partial charge is 0.508 e. The molecule has 0 saturated carbocycles. The minimum Gasteiger partial charge on any atom is -0.508 e. The van der Waals surface area contributed by atoms with Gasteiger partial charge in [-0.05, 0) is 112 Å². The number of benzene rings is 8. The first kappa shape index (κ1) is 43.1. The van der Waals surface area contributed by atoms with E-state index < -0.39 is 0 Å². The van der Waals surface area contributed by atoms with Crippen LogP contribution in [0.2, 0.25) is 0 Å². The van der Waals surface area contributed by atoms with Crippen molar-refractivity contribution in [3.63, 3.8) is 0 Å². The quantitative estimate of drug-likeness (QED) is 0.0873. The minimum absolute atomic E-state index is 0.0610. The summed E-state index contributed by atoms with van der Waals surface area (Å²) in [6.07, 6.45) is 12.4. The fraction of sp³-hybridized carbons (Fsp3) is 0.0312. The van der Waals surface area contributed by atoms with Crippen LogP contribution in [0.1, 0.15) is 18.9 Å². The fourth-order valence-electron chi connectivity index (χ4n) is 9.37. The first-order chi connectivity index (χ1) is 33.4. The maximum atomic E-state index is 10.5. The number of fused-ring (bicyclic) bond motifs is 3. The highest BCUT2D eigenvalue weighted by atomic mass is 16.3. The van der Waals surface area contributed by atoms with Crippen molar-refractivity contribution >= 4 is 55.9 Å². The number of furan rings is 1. The zero-order valence-corrected chi connectivity index (χ0v) is 38.0. The summed E-state index contributed by atoms with van der Waals surface area (Å²) in [5.41, 5.74) is 18.2. The van der Waals surface area contributed by atoms with Gasteiger partial charge in [0.05, 0.1) is 5.69 Å². The summed E-state index contributed by atoms with van der Waals surface area (Å²) in [7, 11) is 0. The number of anilines is 5. The minimum atomic E-state index is 0.0610. The average Bonchev–Trinajstić information content (AvgIpc) is 4.03. The number of hydrogen-bond acceptors (Lipinski definition) is 4. The van der Waals surface area contributed by atoms with Crippen LogP contribution in [0.15, 0.2) is 277 Å². The molecule has 4 nitrogen and oxygen atoms in total. The van der Waals surface area contributed by atoms with Crippen molar-refractivity contribution in [3.8, 4) is 33.4 Å². The van der Waals surface area contributed by atoms with Crippen molar-refractivity contribution < 1.29 is 9.52 Å². The van der Waals surface area contributed by atoms with Crippen molar-refractivity contribution in [1.29, 1.82) is 0 Å². The molecule has 0 spiro atoms. The fourth-order valence-corrected chi connectivity index (χ4v) is 9.37. The van der Waals surface area contributed by atoms with Gasteiger partial charge in [-0.3, -0.25) is 0 Å². The Balaban J connectivity index is 1.04. The average molecular weight is 879 g/mol. The zero-order chi connectivity index (χ0) is 46.6. The molecule has 68 heavy (non-hydrogen) atoms. The van der Waals surface area contributed by atoms with Crippen LogP contribution >= 0.6 is 0 Å². The maximum Gasteiger partial charge on any atom is 0.159 e. The van der Waals surface area contributed by atoms with Gasteiger partial charge in [0.25, 0.3) is 0 Å². The Morgan fingerprint density at radius 1 is 0.529 bits per heavy atom. The molecule has 8 aromatic carbocycles. The molecule has 0 unspecified atom stereocenters. The van der Waals surface area contributed by atoms with Gasteiger partial charge in [-0.25, -0.2) is 0 Å². The third kappa shape index (κ3) is 8.32. The van der Waals surface area contributed by atoms with Crippen LogP contribution in [-0.2, 0) is 0 Å². The van der Waals surface area contributed by atoms with E-state index in [9.17, 15) is 5.11 Å². The first-order valence-electron chi connectivity index (χ1n) is 22.9. The van der Waals surface area contributed by atoms with Gasteiger partial charge in [-0.15, -0.1) is 0 Å². The normalized spacial score (nSPS) is 12.7. The highest BCUT2D eigenvalue weighted by Gasteiger charge is 2.25. The van der Waals surface area contributed by atoms with Crippen molar-refractivity contribution in [1.82, 2.24) is 0 Å². The Morgan fingerprint density at radius 2 is 1.03 bits per heavy atom. The van der Waals surface area contributed by atoms with E-state index in [4.69, 9.17) is 4.42 Å². The summed E-state index contributed by atoms with van der Waals surface area (Å²) in [5, 5.41) is 12.6. The van der Waals surface area contributed by atoms with Gasteiger partial charge in [-0.2, -0.15) is 0 Å². The molecule has 1 heterocycles. The number of aliphatic hydroxyl groups is 1. The van der Waals surface area contributed by atoms with Crippen LogP contribution in [0.3, 0.4) is 0 Å². The number of hydrogen-bond donors (Lipinski definition) is 1. The van der Waals surface area contributed by atoms with E-state index >= 15 is 0 Å². The van der Waals surface area contributed by atoms with Gasteiger partial charge < -0.3 is 19.3 Å². The Hall–Kier alpha value is -8.86. The van der Waals surface area contributed by atoms with Crippen LogP contribution in [0, 0.1) is 0 Å². The maximum absolute atomic E-state index is 10.5. The first-order valence-corrected chi connectivity index (χ1v) is 22.9. The van der Waals surface area contributed by atoms with E-state index in [0.717, 1.165) is 106 Å². The van der Waals surface area contributed by atoms with E-state index in [1.807, 2.05) is 37.3 Å². The SMILES string of the molecule is C=C/C=C(\C=C)c1ccc(N(c2ccc(-c3ccccc3)cc2)c2ccc(-c3cccc4c3oc3c(N(C5=CC=C(/C(=C/C)C(=C)O)C5)c5ccc(-c6ccccc6)cc5)cccc34)cc2)cc1. The summed E-state index contributed by atoms with van der Waals surface area (Å²) < 4.78 is 7.10. The lowest BCUT2D eigenvalue weighted by Gasteiger charge is -2.27. The van der Waals surface area contributed by atoms with E-state index in [1.54, 1.807) is 6.08 Å². The van der Waals surface area contributed by atoms with Crippen molar-refractivity contribution in [2.45, 2.75) is 13.3 Å². The number of rotatable bonds is 14. The molecule has 1 N–H and O–H groups in total. The Morgan fingerprint density at radius 3 is 1.56 bits per heavy atom. The summed E-state index contributed by atoms with van der Waals surface area (Å²) in [5.74, 6) is 0.0610. The molecule has 4 heteroatoms. The lowest BCUT2D eigenvalue weighted by molar-refractivity contribution is 0.427. The molecule has 0 fully saturated rings. The van der Waals surface area contributed by atoms with Gasteiger partial charge in [0, 0.05) is 56.8 Å². The number of aliphatic hydroxyl groups excluding tert-OH is 1. The second-order valence-corrected chi connectivity index (χ2v) is 16.8. The van der Waals surface area contributed by atoms with Crippen LogP contribution in [0.25, 0.3) is 60.9 Å². The van der Waals surface area contributed by atoms with Gasteiger partial charge in [0.1, 0.15) is 11.3 Å². The Labute approximate surface area is 398 Å². The number of nitrogens with zero attached hydrogens (tertiary/aromatic N) is 2. The topological polar surface area (TPSA) is 39.9 Å². The van der Waals surface area contributed by atoms with Crippen LogP contribution in [0.4, 0.5) is 28.4 Å². The Bertz CT molecular complexity index is 3440. The van der Waals surface area contributed by atoms with E-state index in [2.05, 4.69) is 224 Å². The summed E-state index contributed by atoms with van der Waals surface area (Å²) in [6, 6.07) is 68.4. The molecule has 0 bridgehead atoms. The molecule has 1 aromatic heterocycles. The molecule has 0 saturated heterocycles. The second kappa shape index (κ2) is 18.9. The molecule has 1 aliphatic carbocycles. The standard InChI is InChI=1S/C64H50N2O2/c1-5-16-45(6-2)48-25-34-53(35-26-48)65(54-36-27-49(28-37-54)46-17-10-8-11-18-46)55-40-31-51(32-41-55)59-21-14-22-60-61-23-15-24-62(64(61)68-63(59)60)66(57-42-33-52(43-57)58(7-3)44(4)67)56-38-29-50(30-39-56)47-19-12-9-13-20-47/h5-42,67H,1-2,4,43H2,3H3/b45-16+,58-7+. The van der Waals surface area contributed by atoms with Crippen LogP contribution < -0.4 is 9.80 Å². The second-order valence-electron chi connectivity index (χ2n) is 16.8. The predicted molar refractivity (Wildman–Crippen MR) is 288 cm³/mol. The third-order valence-electron chi connectivity index (χ3n) is 12.7. The molecule has 10 rings (SSSR count). The number of para-hydroxylation sites is 2. The van der Waals surface area contributed by atoms with Crippen LogP contribution in [0.5, 0.6) is 0 Å². The van der Waals surface area contributed by atoms with Gasteiger partial charge in [0.2, 0.25) is 0 Å². The van der Waals surface area contributed by atoms with E-state index in [-0.39, 0.29) is 5.76 Å². The molecular weight excluding hydrogens is 829 g/mol. The van der Waals surface area contributed by atoms with Crippen molar-refractivity contribution in [2.75, 3.05) is 9.80 Å². The summed E-state index contributed by atoms with van der Waals surface area (Å²) >= 11 is 0. The van der Waals surface area contributed by atoms with Gasteiger partial charge in [0.15, 0.2) is 5.58 Å². The van der Waals surface area contributed by atoms with Crippen molar-refractivity contribution in [3.05, 3.63) is 278 Å². The van der Waals surface area contributed by atoms with Crippen molar-refractivity contribution in [2.24, 2.45) is 0 Å². The van der Waals surface area contributed by atoms with Gasteiger partial charge in [-0.1, -0.05) is 190 Å². The molecule has 0 amide bonds. The lowest BCUT2D eigenvalue weighted by atomic mass is 10.0. The molecule has 328 valence electrons. The third-order valence-corrected chi connectivity index (χ3v) is 12.7. The summed E-state index contributed by atoms with van der Waals surface area (Å²) in [4.78, 5) is 4.57. The van der Waals surface area contributed by atoms with E-state index in [1.165, 1.54) is 5.56 Å². The molecular formula is C64H50N2O2. The Kier molecular flexibility index (Phi) is 12.0. The highest BCUT2D eigenvalue weighted by Crippen LogP contribution is 2.46. The predicted octanol–water partition coefficient (Wildman–Crippen LogP) is 18.2. The molecule has 9 aromatic rings. The smallest absolute Gasteiger partial charge is 0.159 e. The molecule has 0 aliphatic heterocycles. The molecule has 0 atom stereocenters. The van der Waals surface area contributed by atoms with E-state index in [0.29, 0.717) is 6.42 Å². The number of allylic oxidation sites excluding steroid dienone is 9. The van der Waals surface area contributed by atoms with Gasteiger partial charge >= 0.3 is 0 Å².